The normalized spacial score (nSPS) is 15.6. The molecule has 3 aromatic carbocycles. The van der Waals surface area contributed by atoms with E-state index >= 15 is 0 Å². The van der Waals surface area contributed by atoms with Crippen LogP contribution >= 0.6 is 31.9 Å². The Balaban J connectivity index is 1.92. The summed E-state index contributed by atoms with van der Waals surface area (Å²) in [6.45, 7) is 0. The van der Waals surface area contributed by atoms with Crippen LogP contribution in [0.3, 0.4) is 0 Å². The standard InChI is InChI=1S/C20H10Br2O5/c21-15-7-11-14(8-16(15)22)20(27-19(11)25)12-3-1-9(23)5-17(12)26-18-6-10(24)2-4-13(18)20/h1-8,23-24H. The van der Waals surface area contributed by atoms with E-state index in [2.05, 4.69) is 31.9 Å². The molecule has 0 saturated carbocycles. The highest BCUT2D eigenvalue weighted by Gasteiger charge is 2.53. The molecule has 0 atom stereocenters. The van der Waals surface area contributed by atoms with Gasteiger partial charge in [-0.3, -0.25) is 0 Å². The fraction of sp³-hybridized carbons (Fsp3) is 0.0500. The summed E-state index contributed by atoms with van der Waals surface area (Å²) in [5.74, 6) is 0.293. The molecular formula is C20H10Br2O5. The van der Waals surface area contributed by atoms with Gasteiger partial charge in [-0.15, -0.1) is 0 Å². The summed E-state index contributed by atoms with van der Waals surface area (Å²) in [6, 6.07) is 12.9. The van der Waals surface area contributed by atoms with Crippen molar-refractivity contribution in [1.29, 1.82) is 0 Å². The van der Waals surface area contributed by atoms with Crippen molar-refractivity contribution < 1.29 is 24.5 Å². The van der Waals surface area contributed by atoms with Crippen molar-refractivity contribution in [3.8, 4) is 23.0 Å². The number of carbonyl (C=O) groups excluding carboxylic acids is 1. The number of phenolic OH excluding ortho intramolecular Hbond substituents is 2. The average molecular weight is 490 g/mol. The fourth-order valence-corrected chi connectivity index (χ4v) is 4.38. The predicted molar refractivity (Wildman–Crippen MR) is 103 cm³/mol. The maximum absolute atomic E-state index is 12.8. The number of ether oxygens (including phenoxy) is 2. The van der Waals surface area contributed by atoms with Crippen molar-refractivity contribution in [2.45, 2.75) is 5.60 Å². The first-order chi connectivity index (χ1) is 12.9. The Bertz CT molecular complexity index is 1100. The van der Waals surface area contributed by atoms with Gasteiger partial charge in [-0.05, 0) is 68.3 Å². The highest BCUT2D eigenvalue weighted by atomic mass is 79.9. The summed E-state index contributed by atoms with van der Waals surface area (Å²) in [7, 11) is 0. The number of benzene rings is 3. The summed E-state index contributed by atoms with van der Waals surface area (Å²) in [5.41, 5.74) is 1.05. The molecule has 0 fully saturated rings. The minimum absolute atomic E-state index is 0.0223. The highest BCUT2D eigenvalue weighted by Crippen LogP contribution is 2.57. The number of esters is 1. The van der Waals surface area contributed by atoms with E-state index in [1.807, 2.05) is 6.07 Å². The largest absolute Gasteiger partial charge is 0.508 e. The van der Waals surface area contributed by atoms with Gasteiger partial charge in [0.15, 0.2) is 5.60 Å². The summed E-state index contributed by atoms with van der Waals surface area (Å²) in [5, 5.41) is 19.8. The minimum Gasteiger partial charge on any atom is -0.508 e. The topological polar surface area (TPSA) is 76.0 Å². The van der Waals surface area contributed by atoms with Crippen molar-refractivity contribution >= 4 is 37.8 Å². The van der Waals surface area contributed by atoms with Gasteiger partial charge in [-0.1, -0.05) is 0 Å². The van der Waals surface area contributed by atoms with Gasteiger partial charge in [0.2, 0.25) is 0 Å². The molecule has 0 unspecified atom stereocenters. The second kappa shape index (κ2) is 5.50. The van der Waals surface area contributed by atoms with E-state index in [0.29, 0.717) is 33.8 Å². The summed E-state index contributed by atoms with van der Waals surface area (Å²) >= 11 is 6.92. The van der Waals surface area contributed by atoms with Gasteiger partial charge in [0, 0.05) is 37.8 Å². The number of hydrogen-bond acceptors (Lipinski definition) is 5. The minimum atomic E-state index is -1.24. The van der Waals surface area contributed by atoms with Crippen LogP contribution in [0.15, 0.2) is 57.5 Å². The Hall–Kier alpha value is -2.51. The second-order valence-electron chi connectivity index (χ2n) is 6.35. The van der Waals surface area contributed by atoms with Gasteiger partial charge in [-0.25, -0.2) is 4.79 Å². The number of fused-ring (bicyclic) bond motifs is 6. The lowest BCUT2D eigenvalue weighted by Gasteiger charge is -2.36. The third kappa shape index (κ3) is 2.18. The number of halogens is 2. The number of carbonyl (C=O) groups is 1. The molecule has 0 bridgehead atoms. The molecule has 7 heteroatoms. The smallest absolute Gasteiger partial charge is 0.340 e. The van der Waals surface area contributed by atoms with E-state index < -0.39 is 11.6 Å². The molecule has 2 aliphatic heterocycles. The van der Waals surface area contributed by atoms with E-state index in [4.69, 9.17) is 9.47 Å². The molecular weight excluding hydrogens is 480 g/mol. The SMILES string of the molecule is O=C1OC2(c3ccc(O)cc3Oc3cc(O)ccc32)c2cc(Br)c(Br)cc21. The van der Waals surface area contributed by atoms with Crippen LogP contribution in [0.4, 0.5) is 0 Å². The van der Waals surface area contributed by atoms with E-state index in [1.54, 1.807) is 18.2 Å². The van der Waals surface area contributed by atoms with Crippen molar-refractivity contribution in [3.63, 3.8) is 0 Å². The van der Waals surface area contributed by atoms with E-state index in [0.717, 1.165) is 8.95 Å². The molecule has 134 valence electrons. The summed E-state index contributed by atoms with van der Waals surface area (Å²) in [6.07, 6.45) is 0. The van der Waals surface area contributed by atoms with Crippen LogP contribution < -0.4 is 4.74 Å². The summed E-state index contributed by atoms with van der Waals surface area (Å²) < 4.78 is 13.4. The zero-order chi connectivity index (χ0) is 18.9. The van der Waals surface area contributed by atoms with Crippen LogP contribution in [-0.2, 0) is 10.3 Å². The van der Waals surface area contributed by atoms with Crippen molar-refractivity contribution in [1.82, 2.24) is 0 Å². The highest BCUT2D eigenvalue weighted by molar-refractivity contribution is 9.13. The molecule has 0 aliphatic carbocycles. The fourth-order valence-electron chi connectivity index (χ4n) is 3.69. The van der Waals surface area contributed by atoms with Gasteiger partial charge in [-0.2, -0.15) is 0 Å². The molecule has 2 heterocycles. The Morgan fingerprint density at radius 3 is 1.93 bits per heavy atom. The lowest BCUT2D eigenvalue weighted by atomic mass is 9.77. The number of rotatable bonds is 0. The first-order valence-corrected chi connectivity index (χ1v) is 9.56. The molecule has 5 nitrogen and oxygen atoms in total. The molecule has 2 aliphatic rings. The van der Waals surface area contributed by atoms with Crippen LogP contribution in [0, 0.1) is 0 Å². The van der Waals surface area contributed by atoms with Crippen LogP contribution in [0.5, 0.6) is 23.0 Å². The van der Waals surface area contributed by atoms with Crippen LogP contribution in [-0.4, -0.2) is 16.2 Å². The van der Waals surface area contributed by atoms with Gasteiger partial charge >= 0.3 is 5.97 Å². The molecule has 5 rings (SSSR count). The average Bonchev–Trinajstić information content (AvgIpc) is 2.88. The third-order valence-corrected chi connectivity index (χ3v) is 6.66. The number of aromatic hydroxyl groups is 2. The molecule has 27 heavy (non-hydrogen) atoms. The number of phenols is 2. The molecule has 0 aromatic heterocycles. The van der Waals surface area contributed by atoms with Crippen molar-refractivity contribution in [3.05, 3.63) is 79.7 Å². The van der Waals surface area contributed by atoms with E-state index in [9.17, 15) is 15.0 Å². The second-order valence-corrected chi connectivity index (χ2v) is 8.05. The molecule has 2 N–H and O–H groups in total. The monoisotopic (exact) mass is 488 g/mol. The zero-order valence-corrected chi connectivity index (χ0v) is 16.7. The maximum atomic E-state index is 12.8. The first-order valence-electron chi connectivity index (χ1n) is 7.98. The van der Waals surface area contributed by atoms with Crippen molar-refractivity contribution in [2.75, 3.05) is 0 Å². The van der Waals surface area contributed by atoms with Gasteiger partial charge in [0.25, 0.3) is 0 Å². The Labute approximate surface area is 170 Å². The Morgan fingerprint density at radius 1 is 0.778 bits per heavy atom. The maximum Gasteiger partial charge on any atom is 0.340 e. The summed E-state index contributed by atoms with van der Waals surface area (Å²) in [4.78, 5) is 12.8. The lowest BCUT2D eigenvalue weighted by Crippen LogP contribution is -2.32. The number of hydrogen-bond donors (Lipinski definition) is 2. The zero-order valence-electron chi connectivity index (χ0n) is 13.5. The Kier molecular flexibility index (Phi) is 3.39. The van der Waals surface area contributed by atoms with Crippen molar-refractivity contribution in [2.24, 2.45) is 0 Å². The van der Waals surface area contributed by atoms with Crippen LogP contribution in [0.1, 0.15) is 27.0 Å². The van der Waals surface area contributed by atoms with Gasteiger partial charge in [0.1, 0.15) is 23.0 Å². The molecule has 0 radical (unpaired) electrons. The van der Waals surface area contributed by atoms with Crippen LogP contribution in [0.25, 0.3) is 0 Å². The molecule has 0 saturated heterocycles. The molecule has 0 amide bonds. The predicted octanol–water partition coefficient (Wildman–Crippen LogP) is 5.19. The lowest BCUT2D eigenvalue weighted by molar-refractivity contribution is 0.0224. The quantitative estimate of drug-likeness (QED) is 0.425. The van der Waals surface area contributed by atoms with E-state index in [-0.39, 0.29) is 11.5 Å². The third-order valence-electron chi connectivity index (χ3n) is 4.81. The molecule has 1 spiro atoms. The van der Waals surface area contributed by atoms with E-state index in [1.165, 1.54) is 24.3 Å². The molecule has 3 aromatic rings. The van der Waals surface area contributed by atoms with Crippen LogP contribution in [0.2, 0.25) is 0 Å². The first kappa shape index (κ1) is 16.6. The van der Waals surface area contributed by atoms with Gasteiger partial charge < -0.3 is 19.7 Å². The Morgan fingerprint density at radius 2 is 1.33 bits per heavy atom. The van der Waals surface area contributed by atoms with Gasteiger partial charge in [0.05, 0.1) is 5.56 Å².